The number of aromatic amines is 1. The third-order valence-electron chi connectivity index (χ3n) is 3.95. The SMILES string of the molecule is O=C(OCCc1ccc(Cl)cc1)c1ccc(CCc2c[nH]cn2)cc1. The summed E-state index contributed by atoms with van der Waals surface area (Å²) < 4.78 is 5.33. The van der Waals surface area contributed by atoms with E-state index >= 15 is 0 Å². The van der Waals surface area contributed by atoms with E-state index in [0.717, 1.165) is 24.1 Å². The van der Waals surface area contributed by atoms with E-state index < -0.39 is 0 Å². The van der Waals surface area contributed by atoms with Gasteiger partial charge in [0.05, 0.1) is 24.2 Å². The van der Waals surface area contributed by atoms with Gasteiger partial charge in [-0.1, -0.05) is 35.9 Å². The standard InChI is InChI=1S/C20H19ClN2O2/c21-18-8-3-16(4-9-18)11-12-25-20(24)17-6-1-15(2-7-17)5-10-19-13-22-14-23-19/h1-4,6-9,13-14H,5,10-12H2,(H,22,23). The Morgan fingerprint density at radius 3 is 2.32 bits per heavy atom. The second-order valence-electron chi connectivity index (χ2n) is 5.77. The third-order valence-corrected chi connectivity index (χ3v) is 4.20. The Balaban J connectivity index is 1.46. The van der Waals surface area contributed by atoms with Crippen molar-refractivity contribution in [1.82, 2.24) is 9.97 Å². The minimum atomic E-state index is -0.298. The van der Waals surface area contributed by atoms with Crippen molar-refractivity contribution in [2.75, 3.05) is 6.61 Å². The zero-order chi connectivity index (χ0) is 17.5. The number of benzene rings is 2. The van der Waals surface area contributed by atoms with Gasteiger partial charge in [-0.05, 0) is 48.2 Å². The molecule has 0 amide bonds. The zero-order valence-electron chi connectivity index (χ0n) is 13.7. The number of H-pyrrole nitrogens is 1. The summed E-state index contributed by atoms with van der Waals surface area (Å²) in [5.41, 5.74) is 3.86. The van der Waals surface area contributed by atoms with Gasteiger partial charge in [-0.25, -0.2) is 9.78 Å². The molecule has 0 saturated carbocycles. The molecule has 0 aliphatic rings. The molecule has 1 heterocycles. The van der Waals surface area contributed by atoms with Gasteiger partial charge in [0, 0.05) is 17.6 Å². The smallest absolute Gasteiger partial charge is 0.338 e. The van der Waals surface area contributed by atoms with Gasteiger partial charge >= 0.3 is 5.97 Å². The Morgan fingerprint density at radius 2 is 1.64 bits per heavy atom. The maximum atomic E-state index is 12.1. The summed E-state index contributed by atoms with van der Waals surface area (Å²) in [6.07, 6.45) is 6.00. The number of ether oxygens (including phenoxy) is 1. The molecule has 3 rings (SSSR count). The molecule has 0 fully saturated rings. The minimum Gasteiger partial charge on any atom is -0.462 e. The van der Waals surface area contributed by atoms with Gasteiger partial charge in [0.2, 0.25) is 0 Å². The molecule has 0 spiro atoms. The fourth-order valence-electron chi connectivity index (χ4n) is 2.50. The van der Waals surface area contributed by atoms with E-state index in [1.54, 1.807) is 6.33 Å². The van der Waals surface area contributed by atoms with Gasteiger partial charge in [0.15, 0.2) is 0 Å². The summed E-state index contributed by atoms with van der Waals surface area (Å²) >= 11 is 5.85. The number of hydrogen-bond donors (Lipinski definition) is 1. The van der Waals surface area contributed by atoms with E-state index in [0.29, 0.717) is 23.6 Å². The molecule has 2 aromatic carbocycles. The summed E-state index contributed by atoms with van der Waals surface area (Å²) in [7, 11) is 0. The Bertz CT molecular complexity index is 797. The summed E-state index contributed by atoms with van der Waals surface area (Å²) in [6, 6.07) is 15.1. The van der Waals surface area contributed by atoms with Crippen molar-refractivity contribution in [2.45, 2.75) is 19.3 Å². The average molecular weight is 355 g/mol. The number of aryl methyl sites for hydroxylation is 2. The molecule has 0 atom stereocenters. The van der Waals surface area contributed by atoms with E-state index in [2.05, 4.69) is 9.97 Å². The molecule has 1 N–H and O–H groups in total. The number of imidazole rings is 1. The predicted molar refractivity (Wildman–Crippen MR) is 97.9 cm³/mol. The number of rotatable bonds is 7. The Kier molecular flexibility index (Phi) is 5.86. The first-order valence-electron chi connectivity index (χ1n) is 8.19. The predicted octanol–water partition coefficient (Wildman–Crippen LogP) is 4.25. The molecule has 0 radical (unpaired) electrons. The first kappa shape index (κ1) is 17.2. The normalized spacial score (nSPS) is 10.6. The summed E-state index contributed by atoms with van der Waals surface area (Å²) in [5.74, 6) is -0.298. The van der Waals surface area contributed by atoms with E-state index in [1.807, 2.05) is 54.7 Å². The van der Waals surface area contributed by atoms with Crippen molar-refractivity contribution < 1.29 is 9.53 Å². The van der Waals surface area contributed by atoms with Crippen LogP contribution in [0.25, 0.3) is 0 Å². The summed E-state index contributed by atoms with van der Waals surface area (Å²) in [4.78, 5) is 19.2. The van der Waals surface area contributed by atoms with Crippen molar-refractivity contribution >= 4 is 17.6 Å². The first-order valence-corrected chi connectivity index (χ1v) is 8.57. The lowest BCUT2D eigenvalue weighted by molar-refractivity contribution is 0.0509. The topological polar surface area (TPSA) is 55.0 Å². The Hall–Kier alpha value is -2.59. The minimum absolute atomic E-state index is 0.298. The van der Waals surface area contributed by atoms with Gasteiger partial charge in [-0.2, -0.15) is 0 Å². The molecule has 3 aromatic rings. The van der Waals surface area contributed by atoms with Crippen LogP contribution in [0.15, 0.2) is 61.1 Å². The maximum absolute atomic E-state index is 12.1. The molecule has 4 nitrogen and oxygen atoms in total. The Morgan fingerprint density at radius 1 is 0.960 bits per heavy atom. The van der Waals surface area contributed by atoms with Crippen molar-refractivity contribution in [1.29, 1.82) is 0 Å². The van der Waals surface area contributed by atoms with Crippen LogP contribution >= 0.6 is 11.6 Å². The van der Waals surface area contributed by atoms with Gasteiger partial charge in [-0.3, -0.25) is 0 Å². The van der Waals surface area contributed by atoms with Gasteiger partial charge < -0.3 is 9.72 Å². The quantitative estimate of drug-likeness (QED) is 0.645. The van der Waals surface area contributed by atoms with Crippen molar-refractivity contribution in [3.63, 3.8) is 0 Å². The number of nitrogens with zero attached hydrogens (tertiary/aromatic N) is 1. The fraction of sp³-hybridized carbons (Fsp3) is 0.200. The average Bonchev–Trinajstić information content (AvgIpc) is 3.15. The van der Waals surface area contributed by atoms with Gasteiger partial charge in [0.1, 0.15) is 0 Å². The van der Waals surface area contributed by atoms with Crippen LogP contribution < -0.4 is 0 Å². The molecule has 0 aliphatic heterocycles. The van der Waals surface area contributed by atoms with Crippen LogP contribution in [0.3, 0.4) is 0 Å². The molecule has 5 heteroatoms. The lowest BCUT2D eigenvalue weighted by Crippen LogP contribution is -2.08. The van der Waals surface area contributed by atoms with Crippen LogP contribution in [-0.2, 0) is 24.0 Å². The van der Waals surface area contributed by atoms with Crippen molar-refractivity contribution in [3.05, 3.63) is 88.5 Å². The monoisotopic (exact) mass is 354 g/mol. The zero-order valence-corrected chi connectivity index (χ0v) is 14.5. The molecule has 0 aliphatic carbocycles. The lowest BCUT2D eigenvalue weighted by atomic mass is 10.1. The highest BCUT2D eigenvalue weighted by atomic mass is 35.5. The van der Waals surface area contributed by atoms with Crippen LogP contribution in [0.5, 0.6) is 0 Å². The number of nitrogens with one attached hydrogen (secondary N) is 1. The van der Waals surface area contributed by atoms with Gasteiger partial charge in [-0.15, -0.1) is 0 Å². The van der Waals surface area contributed by atoms with E-state index in [9.17, 15) is 4.79 Å². The number of halogens is 1. The highest BCUT2D eigenvalue weighted by Crippen LogP contribution is 2.11. The number of carbonyl (C=O) groups is 1. The lowest BCUT2D eigenvalue weighted by Gasteiger charge is -2.06. The summed E-state index contributed by atoms with van der Waals surface area (Å²) in [6.45, 7) is 0.349. The molecule has 0 unspecified atom stereocenters. The van der Waals surface area contributed by atoms with Crippen molar-refractivity contribution in [2.24, 2.45) is 0 Å². The fourth-order valence-corrected chi connectivity index (χ4v) is 2.63. The van der Waals surface area contributed by atoms with Crippen LogP contribution in [0.2, 0.25) is 5.02 Å². The Labute approximate surface area is 151 Å². The number of hydrogen-bond acceptors (Lipinski definition) is 3. The van der Waals surface area contributed by atoms with E-state index in [1.165, 1.54) is 5.56 Å². The molecule has 0 bridgehead atoms. The highest BCUT2D eigenvalue weighted by Gasteiger charge is 2.07. The molecule has 128 valence electrons. The highest BCUT2D eigenvalue weighted by molar-refractivity contribution is 6.30. The second-order valence-corrected chi connectivity index (χ2v) is 6.21. The maximum Gasteiger partial charge on any atom is 0.338 e. The molecule has 0 saturated heterocycles. The van der Waals surface area contributed by atoms with Crippen LogP contribution in [0.4, 0.5) is 0 Å². The van der Waals surface area contributed by atoms with Crippen molar-refractivity contribution in [3.8, 4) is 0 Å². The second kappa shape index (κ2) is 8.49. The van der Waals surface area contributed by atoms with Crippen LogP contribution in [0.1, 0.15) is 27.2 Å². The number of esters is 1. The molecular formula is C20H19ClN2O2. The number of aromatic nitrogens is 2. The van der Waals surface area contributed by atoms with Crippen LogP contribution in [-0.4, -0.2) is 22.5 Å². The first-order chi connectivity index (χ1) is 12.2. The van der Waals surface area contributed by atoms with Gasteiger partial charge in [0.25, 0.3) is 0 Å². The third kappa shape index (κ3) is 5.19. The van der Waals surface area contributed by atoms with E-state index in [4.69, 9.17) is 16.3 Å². The van der Waals surface area contributed by atoms with Crippen LogP contribution in [0, 0.1) is 0 Å². The summed E-state index contributed by atoms with van der Waals surface area (Å²) in [5, 5.41) is 0.702. The largest absolute Gasteiger partial charge is 0.462 e. The molecule has 25 heavy (non-hydrogen) atoms. The molecule has 1 aromatic heterocycles. The molecular weight excluding hydrogens is 336 g/mol. The number of carbonyl (C=O) groups excluding carboxylic acids is 1. The van der Waals surface area contributed by atoms with E-state index in [-0.39, 0.29) is 5.97 Å².